The molecule has 2 N–H and O–H groups in total. The fourth-order valence-corrected chi connectivity index (χ4v) is 3.41. The predicted molar refractivity (Wildman–Crippen MR) is 123 cm³/mol. The van der Waals surface area contributed by atoms with Gasteiger partial charge in [0.25, 0.3) is 0 Å². The molecular formula is C21H34IN3O3. The Hall–Kier alpha value is -1.06. The monoisotopic (exact) mass is 503 g/mol. The molecular weight excluding hydrogens is 469 g/mol. The van der Waals surface area contributed by atoms with E-state index in [-0.39, 0.29) is 24.0 Å². The molecule has 1 aromatic carbocycles. The van der Waals surface area contributed by atoms with E-state index in [9.17, 15) is 0 Å². The van der Waals surface area contributed by atoms with Crippen LogP contribution in [0.5, 0.6) is 5.75 Å². The molecule has 0 saturated carbocycles. The highest BCUT2D eigenvalue weighted by Crippen LogP contribution is 2.25. The van der Waals surface area contributed by atoms with Crippen molar-refractivity contribution in [2.45, 2.75) is 45.1 Å². The van der Waals surface area contributed by atoms with Crippen molar-refractivity contribution in [1.29, 1.82) is 0 Å². The predicted octanol–water partition coefficient (Wildman–Crippen LogP) is 2.92. The van der Waals surface area contributed by atoms with Gasteiger partial charge in [0, 0.05) is 45.9 Å². The minimum Gasteiger partial charge on any atom is -0.493 e. The zero-order valence-electron chi connectivity index (χ0n) is 16.9. The summed E-state index contributed by atoms with van der Waals surface area (Å²) in [5, 5.41) is 6.74. The SMILES string of the molecule is CCNC(=NCCCOC1CCOCC1)NCCc1ccc2c(c1)CCO2.I. The number of fused-ring (bicyclic) bond motifs is 1. The molecule has 0 aliphatic carbocycles. The smallest absolute Gasteiger partial charge is 0.191 e. The van der Waals surface area contributed by atoms with Gasteiger partial charge < -0.3 is 24.8 Å². The van der Waals surface area contributed by atoms with Gasteiger partial charge in [-0.1, -0.05) is 12.1 Å². The van der Waals surface area contributed by atoms with E-state index in [4.69, 9.17) is 14.2 Å². The van der Waals surface area contributed by atoms with E-state index >= 15 is 0 Å². The van der Waals surface area contributed by atoms with Gasteiger partial charge in [0.05, 0.1) is 12.7 Å². The lowest BCUT2D eigenvalue weighted by molar-refractivity contribution is -0.0318. The zero-order valence-corrected chi connectivity index (χ0v) is 19.2. The van der Waals surface area contributed by atoms with Crippen molar-refractivity contribution in [3.8, 4) is 5.75 Å². The van der Waals surface area contributed by atoms with E-state index in [0.29, 0.717) is 6.10 Å². The molecule has 0 atom stereocenters. The summed E-state index contributed by atoms with van der Waals surface area (Å²) in [6.45, 7) is 7.83. The highest BCUT2D eigenvalue weighted by molar-refractivity contribution is 14.0. The number of rotatable bonds is 9. The molecule has 0 bridgehead atoms. The van der Waals surface area contributed by atoms with Crippen LogP contribution in [-0.2, 0) is 22.3 Å². The van der Waals surface area contributed by atoms with Crippen molar-refractivity contribution in [3.05, 3.63) is 29.3 Å². The quantitative estimate of drug-likeness (QED) is 0.235. The van der Waals surface area contributed by atoms with Crippen molar-refractivity contribution in [1.82, 2.24) is 10.6 Å². The highest BCUT2D eigenvalue weighted by atomic mass is 127. The van der Waals surface area contributed by atoms with E-state index in [1.807, 2.05) is 0 Å². The molecule has 0 unspecified atom stereocenters. The summed E-state index contributed by atoms with van der Waals surface area (Å²) >= 11 is 0. The van der Waals surface area contributed by atoms with Crippen LogP contribution >= 0.6 is 24.0 Å². The number of hydrogen-bond donors (Lipinski definition) is 2. The first kappa shape index (κ1) is 23.2. The molecule has 0 radical (unpaired) electrons. The van der Waals surface area contributed by atoms with Crippen LogP contribution < -0.4 is 15.4 Å². The second-order valence-electron chi connectivity index (χ2n) is 7.01. The van der Waals surface area contributed by atoms with E-state index in [1.54, 1.807) is 0 Å². The van der Waals surface area contributed by atoms with Crippen LogP contribution in [0.2, 0.25) is 0 Å². The number of ether oxygens (including phenoxy) is 3. The van der Waals surface area contributed by atoms with Crippen LogP contribution in [-0.4, -0.2) is 58.1 Å². The van der Waals surface area contributed by atoms with Crippen LogP contribution in [0.1, 0.15) is 37.3 Å². The normalized spacial score (nSPS) is 16.8. The molecule has 0 spiro atoms. The van der Waals surface area contributed by atoms with Crippen LogP contribution in [0.3, 0.4) is 0 Å². The Bertz CT molecular complexity index is 607. The average Bonchev–Trinajstić information content (AvgIpc) is 3.16. The Kier molecular flexibility index (Phi) is 11.0. The van der Waals surface area contributed by atoms with Gasteiger partial charge in [-0.3, -0.25) is 4.99 Å². The number of aliphatic imine (C=N–C) groups is 1. The molecule has 0 amide bonds. The van der Waals surface area contributed by atoms with Crippen LogP contribution in [0, 0.1) is 0 Å². The molecule has 1 aromatic rings. The van der Waals surface area contributed by atoms with Crippen molar-refractivity contribution >= 4 is 29.9 Å². The highest BCUT2D eigenvalue weighted by Gasteiger charge is 2.13. The van der Waals surface area contributed by atoms with E-state index in [0.717, 1.165) is 89.9 Å². The van der Waals surface area contributed by atoms with E-state index in [1.165, 1.54) is 11.1 Å². The molecule has 3 rings (SSSR count). The maximum atomic E-state index is 5.90. The summed E-state index contributed by atoms with van der Waals surface area (Å²) in [4.78, 5) is 4.65. The van der Waals surface area contributed by atoms with E-state index < -0.39 is 0 Å². The molecule has 0 aromatic heterocycles. The summed E-state index contributed by atoms with van der Waals surface area (Å²) < 4.78 is 16.8. The Balaban J connectivity index is 0.00000280. The van der Waals surface area contributed by atoms with Gasteiger partial charge in [-0.15, -0.1) is 24.0 Å². The van der Waals surface area contributed by atoms with Gasteiger partial charge in [-0.05, 0) is 49.8 Å². The Labute approximate surface area is 185 Å². The van der Waals surface area contributed by atoms with Gasteiger partial charge in [-0.25, -0.2) is 0 Å². The molecule has 158 valence electrons. The maximum Gasteiger partial charge on any atom is 0.191 e. The minimum atomic E-state index is 0. The lowest BCUT2D eigenvalue weighted by Gasteiger charge is -2.22. The number of benzene rings is 1. The van der Waals surface area contributed by atoms with Gasteiger partial charge in [0.1, 0.15) is 5.75 Å². The summed E-state index contributed by atoms with van der Waals surface area (Å²) in [7, 11) is 0. The third-order valence-electron chi connectivity index (χ3n) is 4.90. The Morgan fingerprint density at radius 3 is 2.89 bits per heavy atom. The third kappa shape index (κ3) is 7.75. The number of guanidine groups is 1. The Morgan fingerprint density at radius 1 is 1.21 bits per heavy atom. The average molecular weight is 503 g/mol. The second-order valence-corrected chi connectivity index (χ2v) is 7.01. The summed E-state index contributed by atoms with van der Waals surface area (Å²) in [5.41, 5.74) is 2.67. The zero-order chi connectivity index (χ0) is 18.7. The molecule has 2 aliphatic rings. The van der Waals surface area contributed by atoms with Gasteiger partial charge in [-0.2, -0.15) is 0 Å². The lowest BCUT2D eigenvalue weighted by atomic mass is 10.1. The number of hydrogen-bond acceptors (Lipinski definition) is 4. The van der Waals surface area contributed by atoms with Crippen LogP contribution in [0.25, 0.3) is 0 Å². The largest absolute Gasteiger partial charge is 0.493 e. The summed E-state index contributed by atoms with van der Waals surface area (Å²) in [6.07, 6.45) is 5.34. The lowest BCUT2D eigenvalue weighted by Crippen LogP contribution is -2.38. The number of nitrogens with zero attached hydrogens (tertiary/aromatic N) is 1. The molecule has 1 saturated heterocycles. The number of halogens is 1. The Morgan fingerprint density at radius 2 is 2.07 bits per heavy atom. The first-order valence-corrected chi connectivity index (χ1v) is 10.3. The molecule has 2 heterocycles. The first-order chi connectivity index (χ1) is 13.3. The van der Waals surface area contributed by atoms with Crippen LogP contribution in [0.4, 0.5) is 0 Å². The summed E-state index contributed by atoms with van der Waals surface area (Å²) in [5.74, 6) is 1.93. The van der Waals surface area contributed by atoms with Gasteiger partial charge in [0.15, 0.2) is 5.96 Å². The standard InChI is InChI=1S/C21H33N3O3.HI/c1-2-22-21(23-10-3-12-26-19-8-13-25-14-9-19)24-11-6-17-4-5-20-18(16-17)7-15-27-20;/h4-5,16,19H,2-3,6-15H2,1H3,(H2,22,23,24);1H. The van der Waals surface area contributed by atoms with Gasteiger partial charge in [0.2, 0.25) is 0 Å². The van der Waals surface area contributed by atoms with Crippen molar-refractivity contribution in [2.24, 2.45) is 4.99 Å². The second kappa shape index (κ2) is 13.2. The molecule has 28 heavy (non-hydrogen) atoms. The van der Waals surface area contributed by atoms with Gasteiger partial charge >= 0.3 is 0 Å². The molecule has 7 heteroatoms. The molecule has 2 aliphatic heterocycles. The minimum absolute atomic E-state index is 0. The van der Waals surface area contributed by atoms with Crippen molar-refractivity contribution in [3.63, 3.8) is 0 Å². The summed E-state index contributed by atoms with van der Waals surface area (Å²) in [6, 6.07) is 6.51. The fourth-order valence-electron chi connectivity index (χ4n) is 3.41. The van der Waals surface area contributed by atoms with Crippen molar-refractivity contribution in [2.75, 3.05) is 46.1 Å². The first-order valence-electron chi connectivity index (χ1n) is 10.3. The topological polar surface area (TPSA) is 64.1 Å². The number of nitrogens with one attached hydrogen (secondary N) is 2. The molecule has 1 fully saturated rings. The third-order valence-corrected chi connectivity index (χ3v) is 4.90. The molecule has 6 nitrogen and oxygen atoms in total. The van der Waals surface area contributed by atoms with Crippen LogP contribution in [0.15, 0.2) is 23.2 Å². The van der Waals surface area contributed by atoms with E-state index in [2.05, 4.69) is 40.7 Å². The fraction of sp³-hybridized carbons (Fsp3) is 0.667. The maximum absolute atomic E-state index is 5.90. The van der Waals surface area contributed by atoms with Crippen molar-refractivity contribution < 1.29 is 14.2 Å².